The SMILES string of the molecule is CC(=O)N1CC(=O)N2[C@@H](C[C@H](C(=O)NCCc3ncc[nH]3)[C@@H]2c2ccccc2)C1.O=CO. The van der Waals surface area contributed by atoms with E-state index in [0.717, 1.165) is 11.4 Å². The molecule has 3 amide bonds. The highest BCUT2D eigenvalue weighted by atomic mass is 16.3. The van der Waals surface area contributed by atoms with E-state index in [2.05, 4.69) is 15.3 Å². The summed E-state index contributed by atoms with van der Waals surface area (Å²) in [6, 6.07) is 9.22. The van der Waals surface area contributed by atoms with Crippen LogP contribution in [-0.4, -0.2) is 74.7 Å². The topological polar surface area (TPSA) is 136 Å². The highest BCUT2D eigenvalue weighted by molar-refractivity contribution is 5.88. The van der Waals surface area contributed by atoms with Crippen molar-refractivity contribution >= 4 is 24.2 Å². The van der Waals surface area contributed by atoms with Crippen LogP contribution < -0.4 is 5.32 Å². The zero-order chi connectivity index (χ0) is 23.1. The fraction of sp³-hybridized carbons (Fsp3) is 0.409. The van der Waals surface area contributed by atoms with Gasteiger partial charge in [0.1, 0.15) is 5.82 Å². The lowest BCUT2D eigenvalue weighted by atomic mass is 9.92. The predicted octanol–water partition coefficient (Wildman–Crippen LogP) is 0.590. The number of fused-ring (bicyclic) bond motifs is 1. The summed E-state index contributed by atoms with van der Waals surface area (Å²) in [7, 11) is 0. The van der Waals surface area contributed by atoms with Crippen LogP contribution in [0.4, 0.5) is 0 Å². The summed E-state index contributed by atoms with van der Waals surface area (Å²) in [5.74, 6) is 0.190. The number of carboxylic acid groups (broad SMARTS) is 1. The lowest BCUT2D eigenvalue weighted by Crippen LogP contribution is -2.55. The molecule has 2 aliphatic rings. The monoisotopic (exact) mass is 441 g/mol. The minimum Gasteiger partial charge on any atom is -0.483 e. The molecule has 4 rings (SSSR count). The largest absolute Gasteiger partial charge is 0.483 e. The Kier molecular flexibility index (Phi) is 7.58. The first-order valence-electron chi connectivity index (χ1n) is 10.4. The van der Waals surface area contributed by atoms with Crippen LogP contribution in [0, 0.1) is 5.92 Å². The molecule has 3 atom stereocenters. The fourth-order valence-electron chi connectivity index (χ4n) is 4.45. The number of nitrogens with one attached hydrogen (secondary N) is 2. The Hall–Kier alpha value is -3.69. The molecule has 2 saturated heterocycles. The van der Waals surface area contributed by atoms with E-state index in [1.54, 1.807) is 17.3 Å². The van der Waals surface area contributed by atoms with Crippen molar-refractivity contribution in [2.75, 3.05) is 19.6 Å². The second-order valence-electron chi connectivity index (χ2n) is 7.73. The second kappa shape index (κ2) is 10.6. The van der Waals surface area contributed by atoms with Crippen LogP contribution in [0.5, 0.6) is 0 Å². The highest BCUT2D eigenvalue weighted by Crippen LogP contribution is 2.43. The maximum Gasteiger partial charge on any atom is 0.290 e. The molecule has 0 unspecified atom stereocenters. The quantitative estimate of drug-likeness (QED) is 0.581. The third kappa shape index (κ3) is 5.13. The summed E-state index contributed by atoms with van der Waals surface area (Å²) >= 11 is 0. The van der Waals surface area contributed by atoms with Gasteiger partial charge in [0, 0.05) is 38.8 Å². The number of hydrogen-bond donors (Lipinski definition) is 3. The maximum atomic E-state index is 13.1. The van der Waals surface area contributed by atoms with Crippen LogP contribution in [0.15, 0.2) is 42.7 Å². The van der Waals surface area contributed by atoms with Crippen LogP contribution in [0.25, 0.3) is 0 Å². The van der Waals surface area contributed by atoms with Gasteiger partial charge in [-0.25, -0.2) is 4.98 Å². The summed E-state index contributed by atoms with van der Waals surface area (Å²) in [4.78, 5) is 56.7. The van der Waals surface area contributed by atoms with Crippen molar-refractivity contribution in [3.05, 3.63) is 54.1 Å². The second-order valence-corrected chi connectivity index (χ2v) is 7.73. The number of piperazine rings is 1. The lowest BCUT2D eigenvalue weighted by molar-refractivity contribution is -0.148. The molecule has 170 valence electrons. The molecule has 2 aliphatic heterocycles. The number of carbonyl (C=O) groups is 4. The molecule has 0 aliphatic carbocycles. The Morgan fingerprint density at radius 1 is 1.31 bits per heavy atom. The van der Waals surface area contributed by atoms with Gasteiger partial charge in [0.25, 0.3) is 6.47 Å². The third-order valence-electron chi connectivity index (χ3n) is 5.78. The number of aromatic nitrogens is 2. The fourth-order valence-corrected chi connectivity index (χ4v) is 4.45. The first kappa shape index (κ1) is 23.0. The summed E-state index contributed by atoms with van der Waals surface area (Å²) < 4.78 is 0. The van der Waals surface area contributed by atoms with E-state index in [4.69, 9.17) is 9.90 Å². The van der Waals surface area contributed by atoms with Gasteiger partial charge in [-0.15, -0.1) is 0 Å². The first-order chi connectivity index (χ1) is 15.5. The number of H-pyrrole nitrogens is 1. The summed E-state index contributed by atoms with van der Waals surface area (Å²) in [5, 5.41) is 9.89. The third-order valence-corrected chi connectivity index (χ3v) is 5.78. The zero-order valence-electron chi connectivity index (χ0n) is 17.8. The average molecular weight is 441 g/mol. The molecule has 3 heterocycles. The van der Waals surface area contributed by atoms with Crippen LogP contribution in [-0.2, 0) is 25.6 Å². The molecule has 0 radical (unpaired) electrons. The van der Waals surface area contributed by atoms with Crippen LogP contribution in [0.1, 0.15) is 30.8 Å². The molecule has 1 aromatic heterocycles. The molecule has 0 saturated carbocycles. The smallest absolute Gasteiger partial charge is 0.290 e. The van der Waals surface area contributed by atoms with E-state index >= 15 is 0 Å². The van der Waals surface area contributed by atoms with E-state index in [1.165, 1.54) is 6.92 Å². The van der Waals surface area contributed by atoms with Crippen molar-refractivity contribution in [2.45, 2.75) is 31.8 Å². The number of rotatable bonds is 5. The van der Waals surface area contributed by atoms with E-state index in [9.17, 15) is 14.4 Å². The normalized spacial score (nSPS) is 21.9. The molecule has 1 aromatic carbocycles. The summed E-state index contributed by atoms with van der Waals surface area (Å²) in [6.45, 7) is 2.25. The molecule has 10 heteroatoms. The molecule has 3 N–H and O–H groups in total. The zero-order valence-corrected chi connectivity index (χ0v) is 17.8. The van der Waals surface area contributed by atoms with Gasteiger partial charge in [0.05, 0.1) is 24.5 Å². The van der Waals surface area contributed by atoms with Gasteiger partial charge in [0.15, 0.2) is 0 Å². The van der Waals surface area contributed by atoms with Crippen molar-refractivity contribution in [3.8, 4) is 0 Å². The molecular formula is C22H27N5O5. The Morgan fingerprint density at radius 2 is 2.03 bits per heavy atom. The minimum atomic E-state index is -0.352. The maximum absolute atomic E-state index is 13.1. The number of imidazole rings is 1. The van der Waals surface area contributed by atoms with Gasteiger partial charge >= 0.3 is 0 Å². The van der Waals surface area contributed by atoms with Crippen molar-refractivity contribution in [1.29, 1.82) is 0 Å². The van der Waals surface area contributed by atoms with E-state index in [1.807, 2.05) is 35.2 Å². The van der Waals surface area contributed by atoms with Crippen molar-refractivity contribution in [3.63, 3.8) is 0 Å². The van der Waals surface area contributed by atoms with Gasteiger partial charge in [0.2, 0.25) is 17.7 Å². The lowest BCUT2D eigenvalue weighted by Gasteiger charge is -2.39. The molecule has 32 heavy (non-hydrogen) atoms. The molecule has 0 spiro atoms. The Morgan fingerprint density at radius 3 is 2.66 bits per heavy atom. The summed E-state index contributed by atoms with van der Waals surface area (Å²) in [5.41, 5.74) is 0.950. The number of hydrogen-bond acceptors (Lipinski definition) is 5. The van der Waals surface area contributed by atoms with E-state index in [0.29, 0.717) is 25.9 Å². The average Bonchev–Trinajstić information content (AvgIpc) is 3.43. The molecule has 2 fully saturated rings. The van der Waals surface area contributed by atoms with Crippen molar-refractivity contribution in [2.24, 2.45) is 5.92 Å². The van der Waals surface area contributed by atoms with E-state index in [-0.39, 0.29) is 48.7 Å². The Bertz CT molecular complexity index is 933. The minimum absolute atomic E-state index is 0.0676. The molecule has 0 bridgehead atoms. The number of aromatic amines is 1. The van der Waals surface area contributed by atoms with Gasteiger partial charge in [-0.05, 0) is 12.0 Å². The molecular weight excluding hydrogens is 414 g/mol. The van der Waals surface area contributed by atoms with E-state index < -0.39 is 0 Å². The number of amides is 3. The Balaban J connectivity index is 0.000000913. The number of benzene rings is 1. The Labute approximate surface area is 185 Å². The van der Waals surface area contributed by atoms with Crippen molar-refractivity contribution < 1.29 is 24.3 Å². The predicted molar refractivity (Wildman–Crippen MR) is 114 cm³/mol. The number of carbonyl (C=O) groups excluding carboxylic acids is 3. The first-order valence-corrected chi connectivity index (χ1v) is 10.4. The van der Waals surface area contributed by atoms with Crippen LogP contribution in [0.3, 0.4) is 0 Å². The molecule has 2 aromatic rings. The van der Waals surface area contributed by atoms with Gasteiger partial charge < -0.3 is 25.2 Å². The number of nitrogens with zero attached hydrogens (tertiary/aromatic N) is 3. The highest BCUT2D eigenvalue weighted by Gasteiger charge is 2.50. The molecule has 10 nitrogen and oxygen atoms in total. The van der Waals surface area contributed by atoms with Gasteiger partial charge in [-0.1, -0.05) is 30.3 Å². The van der Waals surface area contributed by atoms with Crippen molar-refractivity contribution in [1.82, 2.24) is 25.1 Å². The van der Waals surface area contributed by atoms with Crippen LogP contribution >= 0.6 is 0 Å². The van der Waals surface area contributed by atoms with Crippen LogP contribution in [0.2, 0.25) is 0 Å². The van der Waals surface area contributed by atoms with Gasteiger partial charge in [-0.2, -0.15) is 0 Å². The summed E-state index contributed by atoms with van der Waals surface area (Å²) in [6.07, 6.45) is 4.60. The van der Waals surface area contributed by atoms with Gasteiger partial charge in [-0.3, -0.25) is 19.2 Å². The standard InChI is InChI=1S/C21H25N5O3.CH2O2/c1-14(27)25-12-16-11-17(21(29)24-8-7-18-22-9-10-23-18)20(26(16)19(28)13-25)15-5-3-2-4-6-15;2-1-3/h2-6,9-10,16-17,20H,7-8,11-13H2,1H3,(H,22,23)(H,24,29);1H,(H,2,3)/t16-,17-,20-;/m0./s1.